The fourth-order valence-corrected chi connectivity index (χ4v) is 3.83. The Morgan fingerprint density at radius 3 is 2.35 bits per heavy atom. The number of carboxylic acid groups (broad SMARTS) is 1. The van der Waals surface area contributed by atoms with Gasteiger partial charge in [-0.25, -0.2) is 9.78 Å². The first-order valence-electron chi connectivity index (χ1n) is 10.5. The summed E-state index contributed by atoms with van der Waals surface area (Å²) >= 11 is 0. The van der Waals surface area contributed by atoms with Crippen molar-refractivity contribution in [3.05, 3.63) is 29.8 Å². The Morgan fingerprint density at radius 1 is 1.10 bits per heavy atom. The number of hydrogen-bond donors (Lipinski definition) is 2. The molecule has 0 spiro atoms. The van der Waals surface area contributed by atoms with Gasteiger partial charge in [-0.3, -0.25) is 14.5 Å². The minimum atomic E-state index is -1.04. The summed E-state index contributed by atoms with van der Waals surface area (Å²) < 4.78 is 0. The van der Waals surface area contributed by atoms with Gasteiger partial charge in [-0.2, -0.15) is 0 Å². The Morgan fingerprint density at radius 2 is 1.77 bits per heavy atom. The summed E-state index contributed by atoms with van der Waals surface area (Å²) in [7, 11) is 0. The molecule has 2 N–H and O–H groups in total. The fraction of sp³-hybridized carbons (Fsp3) is 0.455. The highest BCUT2D eigenvalue weighted by molar-refractivity contribution is 6.05. The molecular weight excluding hydrogens is 398 g/mol. The number of carboxylic acids is 1. The predicted octanol–water partition coefficient (Wildman–Crippen LogP) is 1.88. The van der Waals surface area contributed by atoms with Gasteiger partial charge in [0, 0.05) is 57.3 Å². The molecular formula is C22H29N5O4. The van der Waals surface area contributed by atoms with Gasteiger partial charge in [0.1, 0.15) is 5.82 Å². The number of anilines is 2. The van der Waals surface area contributed by atoms with E-state index in [0.29, 0.717) is 68.2 Å². The quantitative estimate of drug-likeness (QED) is 0.695. The molecule has 1 saturated heterocycles. The van der Waals surface area contributed by atoms with Crippen LogP contribution in [-0.2, 0) is 9.59 Å². The molecule has 1 aromatic heterocycles. The van der Waals surface area contributed by atoms with Gasteiger partial charge >= 0.3 is 5.97 Å². The van der Waals surface area contributed by atoms with Crippen LogP contribution in [-0.4, -0.2) is 83.5 Å². The molecule has 0 atom stereocenters. The molecule has 3 rings (SSSR count). The molecule has 1 aliphatic rings. The highest BCUT2D eigenvalue weighted by Gasteiger charge is 2.23. The lowest BCUT2D eigenvalue weighted by atomic mass is 10.1. The molecule has 1 aliphatic heterocycles. The van der Waals surface area contributed by atoms with Crippen LogP contribution in [0.5, 0.6) is 0 Å². The number of hydrogen-bond acceptors (Lipinski definition) is 6. The van der Waals surface area contributed by atoms with Gasteiger partial charge in [-0.1, -0.05) is 0 Å². The number of aromatic nitrogens is 1. The van der Waals surface area contributed by atoms with Gasteiger partial charge in [0.2, 0.25) is 11.8 Å². The van der Waals surface area contributed by atoms with E-state index in [4.69, 9.17) is 0 Å². The second kappa shape index (κ2) is 9.74. The van der Waals surface area contributed by atoms with Crippen molar-refractivity contribution < 1.29 is 19.5 Å². The summed E-state index contributed by atoms with van der Waals surface area (Å²) in [6.45, 7) is 9.89. The van der Waals surface area contributed by atoms with E-state index < -0.39 is 5.97 Å². The van der Waals surface area contributed by atoms with E-state index in [1.54, 1.807) is 24.3 Å². The first-order valence-corrected chi connectivity index (χ1v) is 10.5. The number of piperazine rings is 1. The van der Waals surface area contributed by atoms with Crippen molar-refractivity contribution in [1.82, 2.24) is 14.8 Å². The number of rotatable bonds is 7. The summed E-state index contributed by atoms with van der Waals surface area (Å²) in [4.78, 5) is 46.2. The maximum absolute atomic E-state index is 12.4. The smallest absolute Gasteiger partial charge is 0.336 e. The zero-order valence-corrected chi connectivity index (χ0v) is 18.2. The fourth-order valence-electron chi connectivity index (χ4n) is 3.83. The SMILES string of the molecule is CCN(CC)C(=O)CN1CCN(c2cc(C(=O)O)c3cc(NC(C)=O)ccc3n2)CC1. The second-order valence-electron chi connectivity index (χ2n) is 7.58. The molecule has 1 aromatic carbocycles. The lowest BCUT2D eigenvalue weighted by molar-refractivity contribution is -0.132. The predicted molar refractivity (Wildman–Crippen MR) is 120 cm³/mol. The van der Waals surface area contributed by atoms with Gasteiger partial charge in [-0.05, 0) is 38.1 Å². The first kappa shape index (κ1) is 22.5. The van der Waals surface area contributed by atoms with E-state index >= 15 is 0 Å². The van der Waals surface area contributed by atoms with Crippen molar-refractivity contribution in [3.63, 3.8) is 0 Å². The van der Waals surface area contributed by atoms with Crippen LogP contribution in [0.2, 0.25) is 0 Å². The largest absolute Gasteiger partial charge is 0.478 e. The molecule has 2 aromatic rings. The zero-order chi connectivity index (χ0) is 22.5. The molecule has 9 heteroatoms. The van der Waals surface area contributed by atoms with E-state index in [1.807, 2.05) is 23.6 Å². The average Bonchev–Trinajstić information content (AvgIpc) is 2.74. The second-order valence-corrected chi connectivity index (χ2v) is 7.58. The Bertz CT molecular complexity index is 981. The highest BCUT2D eigenvalue weighted by Crippen LogP contribution is 2.26. The summed E-state index contributed by atoms with van der Waals surface area (Å²) in [5.74, 6) is -0.535. The summed E-state index contributed by atoms with van der Waals surface area (Å²) in [5, 5.41) is 12.9. The number of likely N-dealkylation sites (N-methyl/N-ethyl adjacent to an activating group) is 1. The van der Waals surface area contributed by atoms with Crippen LogP contribution >= 0.6 is 0 Å². The molecule has 0 aliphatic carbocycles. The molecule has 31 heavy (non-hydrogen) atoms. The van der Waals surface area contributed by atoms with Crippen LogP contribution in [0, 0.1) is 0 Å². The minimum Gasteiger partial charge on any atom is -0.478 e. The third-order valence-corrected chi connectivity index (χ3v) is 5.52. The number of fused-ring (bicyclic) bond motifs is 1. The van der Waals surface area contributed by atoms with Crippen molar-refractivity contribution in [2.24, 2.45) is 0 Å². The zero-order valence-electron chi connectivity index (χ0n) is 18.2. The Hall–Kier alpha value is -3.20. The molecule has 0 radical (unpaired) electrons. The normalized spacial score (nSPS) is 14.5. The number of benzene rings is 1. The van der Waals surface area contributed by atoms with Gasteiger partial charge in [0.25, 0.3) is 0 Å². The van der Waals surface area contributed by atoms with Crippen LogP contribution in [0.1, 0.15) is 31.1 Å². The first-order chi connectivity index (χ1) is 14.8. The molecule has 9 nitrogen and oxygen atoms in total. The molecule has 2 heterocycles. The standard InChI is InChI=1S/C22H29N5O4/c1-4-26(5-2)21(29)14-25-8-10-27(11-9-25)20-13-18(22(30)31)17-12-16(23-15(3)28)6-7-19(17)24-20/h6-7,12-13H,4-5,8-11,14H2,1-3H3,(H,23,28)(H,30,31). The van der Waals surface area contributed by atoms with Gasteiger partial charge in [0.05, 0.1) is 17.6 Å². The van der Waals surface area contributed by atoms with Crippen molar-refractivity contribution in [1.29, 1.82) is 0 Å². The molecule has 0 unspecified atom stereocenters. The summed E-state index contributed by atoms with van der Waals surface area (Å²) in [6, 6.07) is 6.64. The molecule has 166 valence electrons. The number of pyridine rings is 1. The summed E-state index contributed by atoms with van der Waals surface area (Å²) in [5.41, 5.74) is 1.23. The number of aromatic carboxylic acids is 1. The van der Waals surface area contributed by atoms with Crippen LogP contribution in [0.25, 0.3) is 10.9 Å². The van der Waals surface area contributed by atoms with Crippen LogP contribution in [0.15, 0.2) is 24.3 Å². The van der Waals surface area contributed by atoms with E-state index in [-0.39, 0.29) is 17.4 Å². The summed E-state index contributed by atoms with van der Waals surface area (Å²) in [6.07, 6.45) is 0. The van der Waals surface area contributed by atoms with E-state index in [2.05, 4.69) is 15.2 Å². The molecule has 0 bridgehead atoms. The Balaban J connectivity index is 1.77. The van der Waals surface area contributed by atoms with Crippen molar-refractivity contribution in [2.45, 2.75) is 20.8 Å². The Kier molecular flexibility index (Phi) is 7.06. The van der Waals surface area contributed by atoms with E-state index in [1.165, 1.54) is 6.92 Å². The monoisotopic (exact) mass is 427 g/mol. The Labute approximate surface area is 181 Å². The molecule has 0 saturated carbocycles. The van der Waals surface area contributed by atoms with Gasteiger partial charge in [-0.15, -0.1) is 0 Å². The van der Waals surface area contributed by atoms with E-state index in [0.717, 1.165) is 0 Å². The number of carbonyl (C=O) groups excluding carboxylic acids is 2. The van der Waals surface area contributed by atoms with E-state index in [9.17, 15) is 19.5 Å². The van der Waals surface area contributed by atoms with Crippen molar-refractivity contribution in [3.8, 4) is 0 Å². The van der Waals surface area contributed by atoms with Crippen LogP contribution in [0.3, 0.4) is 0 Å². The van der Waals surface area contributed by atoms with Crippen molar-refractivity contribution in [2.75, 3.05) is 56.0 Å². The van der Waals surface area contributed by atoms with Crippen LogP contribution in [0.4, 0.5) is 11.5 Å². The van der Waals surface area contributed by atoms with Crippen LogP contribution < -0.4 is 10.2 Å². The topological polar surface area (TPSA) is 106 Å². The maximum Gasteiger partial charge on any atom is 0.336 e. The highest BCUT2D eigenvalue weighted by atomic mass is 16.4. The van der Waals surface area contributed by atoms with Gasteiger partial charge in [0.15, 0.2) is 0 Å². The number of nitrogens with one attached hydrogen (secondary N) is 1. The third kappa shape index (κ3) is 5.29. The van der Waals surface area contributed by atoms with Crippen molar-refractivity contribution >= 4 is 40.2 Å². The maximum atomic E-state index is 12.4. The number of nitrogens with zero attached hydrogens (tertiary/aromatic N) is 4. The third-order valence-electron chi connectivity index (χ3n) is 5.52. The lowest BCUT2D eigenvalue weighted by Crippen LogP contribution is -2.50. The minimum absolute atomic E-state index is 0.130. The molecule has 2 amide bonds. The van der Waals surface area contributed by atoms with Gasteiger partial charge < -0.3 is 20.2 Å². The number of carbonyl (C=O) groups is 3. The molecule has 1 fully saturated rings. The average molecular weight is 428 g/mol. The lowest BCUT2D eigenvalue weighted by Gasteiger charge is -2.36. The number of amides is 2.